The summed E-state index contributed by atoms with van der Waals surface area (Å²) in [6.07, 6.45) is 2.21. The SMILES string of the molecule is CCC(CC)(CS)CN1CCS(=O)(=O)CC1. The first-order valence-corrected chi connectivity index (χ1v) is 8.46. The highest BCUT2D eigenvalue weighted by molar-refractivity contribution is 7.91. The van der Waals surface area contributed by atoms with Gasteiger partial charge in [-0.3, -0.25) is 0 Å². The molecule has 0 radical (unpaired) electrons. The van der Waals surface area contributed by atoms with Gasteiger partial charge in [-0.05, 0) is 24.0 Å². The highest BCUT2D eigenvalue weighted by atomic mass is 32.2. The fourth-order valence-corrected chi connectivity index (χ4v) is 3.95. The Hall–Kier alpha value is 0.260. The van der Waals surface area contributed by atoms with E-state index in [2.05, 4.69) is 31.4 Å². The zero-order valence-corrected chi connectivity index (χ0v) is 12.0. The molecule has 1 aliphatic heterocycles. The lowest BCUT2D eigenvalue weighted by molar-refractivity contribution is 0.167. The maximum Gasteiger partial charge on any atom is 0.152 e. The van der Waals surface area contributed by atoms with Crippen molar-refractivity contribution in [3.05, 3.63) is 0 Å². The van der Waals surface area contributed by atoms with Crippen molar-refractivity contribution in [2.75, 3.05) is 36.9 Å². The number of hydrogen-bond acceptors (Lipinski definition) is 4. The smallest absolute Gasteiger partial charge is 0.152 e. The van der Waals surface area contributed by atoms with Crippen LogP contribution in [0.1, 0.15) is 26.7 Å². The quantitative estimate of drug-likeness (QED) is 0.765. The van der Waals surface area contributed by atoms with E-state index in [-0.39, 0.29) is 5.41 Å². The van der Waals surface area contributed by atoms with Crippen LogP contribution in [0.25, 0.3) is 0 Å². The Morgan fingerprint density at radius 2 is 1.69 bits per heavy atom. The minimum Gasteiger partial charge on any atom is -0.301 e. The summed E-state index contributed by atoms with van der Waals surface area (Å²) >= 11 is 4.45. The maximum absolute atomic E-state index is 11.3. The summed E-state index contributed by atoms with van der Waals surface area (Å²) in [6, 6.07) is 0. The van der Waals surface area contributed by atoms with Gasteiger partial charge in [0.2, 0.25) is 0 Å². The molecule has 0 aromatic rings. The van der Waals surface area contributed by atoms with Gasteiger partial charge in [-0.25, -0.2) is 8.42 Å². The zero-order chi connectivity index (χ0) is 12.2. The molecule has 96 valence electrons. The van der Waals surface area contributed by atoms with E-state index in [1.807, 2.05) is 0 Å². The number of thiol groups is 1. The molecule has 1 heterocycles. The second-order valence-electron chi connectivity index (χ2n) is 4.79. The van der Waals surface area contributed by atoms with Crippen LogP contribution in [0.4, 0.5) is 0 Å². The van der Waals surface area contributed by atoms with Crippen molar-refractivity contribution < 1.29 is 8.42 Å². The molecule has 0 saturated carbocycles. The summed E-state index contributed by atoms with van der Waals surface area (Å²) in [4.78, 5) is 2.28. The number of sulfone groups is 1. The van der Waals surface area contributed by atoms with Crippen LogP contribution in [-0.2, 0) is 9.84 Å². The predicted octanol–water partition coefficient (Wildman–Crippen LogP) is 1.45. The van der Waals surface area contributed by atoms with E-state index in [0.717, 1.165) is 25.1 Å². The van der Waals surface area contributed by atoms with E-state index in [1.54, 1.807) is 0 Å². The minimum absolute atomic E-state index is 0.254. The van der Waals surface area contributed by atoms with Crippen LogP contribution in [0.2, 0.25) is 0 Å². The summed E-state index contributed by atoms with van der Waals surface area (Å²) in [5, 5.41) is 0. The van der Waals surface area contributed by atoms with E-state index < -0.39 is 9.84 Å². The van der Waals surface area contributed by atoms with Crippen molar-refractivity contribution >= 4 is 22.5 Å². The van der Waals surface area contributed by atoms with Crippen molar-refractivity contribution in [2.24, 2.45) is 5.41 Å². The Morgan fingerprint density at radius 1 is 1.19 bits per heavy atom. The van der Waals surface area contributed by atoms with Gasteiger partial charge in [-0.1, -0.05) is 13.8 Å². The second-order valence-corrected chi connectivity index (χ2v) is 7.41. The molecule has 0 aliphatic carbocycles. The molecule has 0 spiro atoms. The lowest BCUT2D eigenvalue weighted by Crippen LogP contribution is -2.46. The fourth-order valence-electron chi connectivity index (χ4n) is 2.13. The van der Waals surface area contributed by atoms with E-state index in [0.29, 0.717) is 24.6 Å². The van der Waals surface area contributed by atoms with E-state index in [1.165, 1.54) is 0 Å². The van der Waals surface area contributed by atoms with Crippen molar-refractivity contribution in [3.63, 3.8) is 0 Å². The standard InChI is InChI=1S/C11H23NO2S2/c1-3-11(4-2,10-15)9-12-5-7-16(13,14)8-6-12/h15H,3-10H2,1-2H3. The molecule has 0 atom stereocenters. The van der Waals surface area contributed by atoms with Crippen molar-refractivity contribution in [1.82, 2.24) is 4.90 Å². The number of rotatable bonds is 5. The van der Waals surface area contributed by atoms with Crippen LogP contribution in [0.3, 0.4) is 0 Å². The minimum atomic E-state index is -2.75. The highest BCUT2D eigenvalue weighted by Crippen LogP contribution is 2.29. The molecule has 16 heavy (non-hydrogen) atoms. The Labute approximate surface area is 105 Å². The molecule has 0 amide bonds. The Kier molecular flexibility index (Phi) is 5.13. The summed E-state index contributed by atoms with van der Waals surface area (Å²) in [5.74, 6) is 1.52. The maximum atomic E-state index is 11.3. The molecule has 0 aromatic heterocycles. The third-order valence-electron chi connectivity index (χ3n) is 3.83. The Morgan fingerprint density at radius 3 is 2.06 bits per heavy atom. The molecule has 1 saturated heterocycles. The van der Waals surface area contributed by atoms with Crippen LogP contribution >= 0.6 is 12.6 Å². The normalized spacial score (nSPS) is 22.2. The molecule has 0 bridgehead atoms. The van der Waals surface area contributed by atoms with Gasteiger partial charge in [-0.15, -0.1) is 0 Å². The highest BCUT2D eigenvalue weighted by Gasteiger charge is 2.30. The number of nitrogens with zero attached hydrogens (tertiary/aromatic N) is 1. The summed E-state index contributed by atoms with van der Waals surface area (Å²) in [5.41, 5.74) is 0.254. The molecule has 0 aromatic carbocycles. The summed E-state index contributed by atoms with van der Waals surface area (Å²) in [6.45, 7) is 6.76. The predicted molar refractivity (Wildman–Crippen MR) is 72.0 cm³/mol. The van der Waals surface area contributed by atoms with Crippen LogP contribution in [0.15, 0.2) is 0 Å². The van der Waals surface area contributed by atoms with Crippen LogP contribution in [-0.4, -0.2) is 50.2 Å². The summed E-state index contributed by atoms with van der Waals surface area (Å²) in [7, 11) is -2.75. The first-order valence-electron chi connectivity index (χ1n) is 6.00. The molecule has 1 rings (SSSR count). The van der Waals surface area contributed by atoms with E-state index in [9.17, 15) is 8.42 Å². The van der Waals surface area contributed by atoms with Gasteiger partial charge < -0.3 is 4.90 Å². The van der Waals surface area contributed by atoms with Gasteiger partial charge in [0, 0.05) is 19.6 Å². The van der Waals surface area contributed by atoms with Crippen LogP contribution < -0.4 is 0 Å². The van der Waals surface area contributed by atoms with Gasteiger partial charge in [0.05, 0.1) is 11.5 Å². The average Bonchev–Trinajstić information content (AvgIpc) is 2.29. The first-order chi connectivity index (χ1) is 7.47. The average molecular weight is 265 g/mol. The van der Waals surface area contributed by atoms with Crippen LogP contribution in [0, 0.1) is 5.41 Å². The summed E-state index contributed by atoms with van der Waals surface area (Å²) < 4.78 is 22.7. The van der Waals surface area contributed by atoms with Gasteiger partial charge in [0.1, 0.15) is 0 Å². The molecular formula is C11H23NO2S2. The lowest BCUT2D eigenvalue weighted by atomic mass is 9.84. The lowest BCUT2D eigenvalue weighted by Gasteiger charge is -2.37. The van der Waals surface area contributed by atoms with Crippen LogP contribution in [0.5, 0.6) is 0 Å². The van der Waals surface area contributed by atoms with Crippen molar-refractivity contribution in [2.45, 2.75) is 26.7 Å². The van der Waals surface area contributed by atoms with Gasteiger partial charge in [0.15, 0.2) is 9.84 Å². The molecule has 0 N–H and O–H groups in total. The molecule has 1 fully saturated rings. The Bertz CT molecular complexity index is 288. The third-order valence-corrected chi connectivity index (χ3v) is 6.11. The fraction of sp³-hybridized carbons (Fsp3) is 1.00. The van der Waals surface area contributed by atoms with E-state index >= 15 is 0 Å². The molecule has 5 heteroatoms. The zero-order valence-electron chi connectivity index (χ0n) is 10.3. The molecule has 0 unspecified atom stereocenters. The van der Waals surface area contributed by atoms with Gasteiger partial charge in [0.25, 0.3) is 0 Å². The third kappa shape index (κ3) is 3.64. The number of hydrogen-bond donors (Lipinski definition) is 1. The van der Waals surface area contributed by atoms with E-state index in [4.69, 9.17) is 0 Å². The van der Waals surface area contributed by atoms with Gasteiger partial charge >= 0.3 is 0 Å². The second kappa shape index (κ2) is 5.74. The van der Waals surface area contributed by atoms with Gasteiger partial charge in [-0.2, -0.15) is 12.6 Å². The Balaban J connectivity index is 2.55. The monoisotopic (exact) mass is 265 g/mol. The first kappa shape index (κ1) is 14.3. The molecular weight excluding hydrogens is 242 g/mol. The topological polar surface area (TPSA) is 37.4 Å². The van der Waals surface area contributed by atoms with Crippen molar-refractivity contribution in [3.8, 4) is 0 Å². The largest absolute Gasteiger partial charge is 0.301 e. The molecule has 1 aliphatic rings. The molecule has 3 nitrogen and oxygen atoms in total. The van der Waals surface area contributed by atoms with Crippen molar-refractivity contribution in [1.29, 1.82) is 0 Å².